The van der Waals surface area contributed by atoms with E-state index in [4.69, 9.17) is 0 Å². The van der Waals surface area contributed by atoms with Gasteiger partial charge in [0.05, 0.1) is 5.92 Å². The Morgan fingerprint density at radius 1 is 1.10 bits per heavy atom. The topological polar surface area (TPSA) is 49.3 Å². The Morgan fingerprint density at radius 3 is 2.33 bits per heavy atom. The van der Waals surface area contributed by atoms with E-state index in [1.54, 1.807) is 0 Å². The van der Waals surface area contributed by atoms with E-state index >= 15 is 0 Å². The second kappa shape index (κ2) is 5.70. The van der Waals surface area contributed by atoms with Gasteiger partial charge in [0.25, 0.3) is 0 Å². The highest BCUT2D eigenvalue weighted by molar-refractivity contribution is 5.74. The van der Waals surface area contributed by atoms with Crippen molar-refractivity contribution < 1.29 is 9.90 Å². The Bertz CT molecular complexity index is 612. The van der Waals surface area contributed by atoms with Crippen molar-refractivity contribution in [2.24, 2.45) is 5.92 Å². The molecule has 2 aromatic rings. The molecule has 3 rings (SSSR count). The summed E-state index contributed by atoms with van der Waals surface area (Å²) in [5.74, 6) is -1.13. The molecule has 1 fully saturated rings. The van der Waals surface area contributed by atoms with E-state index in [1.165, 1.54) is 5.56 Å². The number of hydrogen-bond donors (Lipinski definition) is 2. The molecule has 2 aromatic carbocycles. The number of nitrogens with one attached hydrogen (secondary N) is 1. The maximum Gasteiger partial charge on any atom is 0.308 e. The van der Waals surface area contributed by atoms with Crippen LogP contribution < -0.4 is 5.32 Å². The van der Waals surface area contributed by atoms with E-state index in [1.807, 2.05) is 48.5 Å². The summed E-state index contributed by atoms with van der Waals surface area (Å²) in [5.41, 5.74) is 1.90. The van der Waals surface area contributed by atoms with Gasteiger partial charge in [-0.2, -0.15) is 0 Å². The summed E-state index contributed by atoms with van der Waals surface area (Å²) in [7, 11) is 0. The zero-order chi connectivity index (χ0) is 14.7. The lowest BCUT2D eigenvalue weighted by Gasteiger charge is -2.33. The van der Waals surface area contributed by atoms with E-state index in [0.29, 0.717) is 13.1 Å². The molecule has 0 amide bonds. The summed E-state index contributed by atoms with van der Waals surface area (Å²) in [4.78, 5) is 11.7. The first kappa shape index (κ1) is 13.8. The Morgan fingerprint density at radius 2 is 1.71 bits per heavy atom. The molecular formula is C18H19NO2. The van der Waals surface area contributed by atoms with Crippen LogP contribution in [0.25, 0.3) is 0 Å². The normalized spacial score (nSPS) is 24.9. The third-order valence-corrected chi connectivity index (χ3v) is 4.47. The van der Waals surface area contributed by atoms with Gasteiger partial charge < -0.3 is 10.4 Å². The van der Waals surface area contributed by atoms with Crippen LogP contribution >= 0.6 is 0 Å². The van der Waals surface area contributed by atoms with Crippen LogP contribution in [-0.4, -0.2) is 24.2 Å². The molecule has 0 spiro atoms. The van der Waals surface area contributed by atoms with Gasteiger partial charge >= 0.3 is 5.97 Å². The van der Waals surface area contributed by atoms with Crippen LogP contribution in [0.15, 0.2) is 60.7 Å². The van der Waals surface area contributed by atoms with Crippen LogP contribution in [-0.2, 0) is 16.6 Å². The summed E-state index contributed by atoms with van der Waals surface area (Å²) in [6, 6.07) is 20.2. The minimum atomic E-state index is -0.722. The summed E-state index contributed by atoms with van der Waals surface area (Å²) in [6.45, 7) is 1.22. The van der Waals surface area contributed by atoms with Gasteiger partial charge in [0.2, 0.25) is 0 Å². The van der Waals surface area contributed by atoms with Crippen LogP contribution in [0.3, 0.4) is 0 Å². The van der Waals surface area contributed by atoms with Crippen molar-refractivity contribution in [1.82, 2.24) is 5.32 Å². The third kappa shape index (κ3) is 2.57. The molecule has 3 nitrogen and oxygen atoms in total. The minimum absolute atomic E-state index is 0.381. The second-order valence-corrected chi connectivity index (χ2v) is 5.71. The van der Waals surface area contributed by atoms with E-state index in [9.17, 15) is 9.90 Å². The molecule has 0 bridgehead atoms. The number of carbonyl (C=O) groups is 1. The SMILES string of the molecule is O=C(O)C1CNCC1(Cc1ccccc1)c1ccccc1. The van der Waals surface area contributed by atoms with Gasteiger partial charge in [-0.15, -0.1) is 0 Å². The predicted molar refractivity (Wildman–Crippen MR) is 82.3 cm³/mol. The van der Waals surface area contributed by atoms with Crippen LogP contribution in [0, 0.1) is 5.92 Å². The van der Waals surface area contributed by atoms with Gasteiger partial charge in [-0.25, -0.2) is 0 Å². The number of benzene rings is 2. The smallest absolute Gasteiger partial charge is 0.308 e. The molecular weight excluding hydrogens is 262 g/mol. The molecule has 1 saturated heterocycles. The van der Waals surface area contributed by atoms with E-state index in [2.05, 4.69) is 17.4 Å². The van der Waals surface area contributed by atoms with Crippen molar-refractivity contribution in [3.8, 4) is 0 Å². The molecule has 2 N–H and O–H groups in total. The highest BCUT2D eigenvalue weighted by Crippen LogP contribution is 2.39. The van der Waals surface area contributed by atoms with Gasteiger partial charge in [-0.3, -0.25) is 4.79 Å². The fourth-order valence-corrected chi connectivity index (χ4v) is 3.40. The fourth-order valence-electron chi connectivity index (χ4n) is 3.40. The van der Waals surface area contributed by atoms with Crippen molar-refractivity contribution >= 4 is 5.97 Å². The van der Waals surface area contributed by atoms with Gasteiger partial charge in [0, 0.05) is 18.5 Å². The molecule has 1 aliphatic heterocycles. The molecule has 0 aliphatic carbocycles. The quantitative estimate of drug-likeness (QED) is 0.905. The maximum atomic E-state index is 11.7. The average Bonchev–Trinajstić information content (AvgIpc) is 2.94. The van der Waals surface area contributed by atoms with Gasteiger partial charge in [-0.05, 0) is 17.5 Å². The lowest BCUT2D eigenvalue weighted by Crippen LogP contribution is -2.41. The number of carboxylic acids is 1. The summed E-state index contributed by atoms with van der Waals surface area (Å²) < 4.78 is 0. The van der Waals surface area contributed by atoms with Crippen LogP contribution in [0.4, 0.5) is 0 Å². The largest absolute Gasteiger partial charge is 0.481 e. The van der Waals surface area contributed by atoms with E-state index < -0.39 is 11.9 Å². The second-order valence-electron chi connectivity index (χ2n) is 5.71. The monoisotopic (exact) mass is 281 g/mol. The van der Waals surface area contributed by atoms with E-state index in [-0.39, 0.29) is 5.41 Å². The molecule has 1 heterocycles. The number of aliphatic carboxylic acids is 1. The predicted octanol–water partition coefficient (Wildman–Crippen LogP) is 2.47. The van der Waals surface area contributed by atoms with Crippen molar-refractivity contribution in [1.29, 1.82) is 0 Å². The first-order valence-corrected chi connectivity index (χ1v) is 7.25. The lowest BCUT2D eigenvalue weighted by molar-refractivity contribution is -0.143. The summed E-state index contributed by atoms with van der Waals surface area (Å²) in [5, 5.41) is 12.9. The Kier molecular flexibility index (Phi) is 3.76. The zero-order valence-electron chi connectivity index (χ0n) is 11.8. The Hall–Kier alpha value is -2.13. The number of carboxylic acid groups (broad SMARTS) is 1. The van der Waals surface area contributed by atoms with Crippen molar-refractivity contribution in [3.05, 3.63) is 71.8 Å². The van der Waals surface area contributed by atoms with Gasteiger partial charge in [0.1, 0.15) is 0 Å². The molecule has 2 atom stereocenters. The van der Waals surface area contributed by atoms with Crippen LogP contribution in [0.2, 0.25) is 0 Å². The van der Waals surface area contributed by atoms with Crippen LogP contribution in [0.5, 0.6) is 0 Å². The molecule has 0 radical (unpaired) electrons. The standard InChI is InChI=1S/C18H19NO2/c20-17(21)16-12-19-13-18(16,15-9-5-2-6-10-15)11-14-7-3-1-4-8-14/h1-10,16,19H,11-13H2,(H,20,21). The fraction of sp³-hybridized carbons (Fsp3) is 0.278. The Labute approximate surface area is 124 Å². The van der Waals surface area contributed by atoms with Crippen molar-refractivity contribution in [3.63, 3.8) is 0 Å². The first-order valence-electron chi connectivity index (χ1n) is 7.25. The van der Waals surface area contributed by atoms with Crippen LogP contribution in [0.1, 0.15) is 11.1 Å². The lowest BCUT2D eigenvalue weighted by atomic mass is 9.68. The molecule has 1 aliphatic rings. The van der Waals surface area contributed by atoms with E-state index in [0.717, 1.165) is 12.0 Å². The third-order valence-electron chi connectivity index (χ3n) is 4.47. The molecule has 3 heteroatoms. The maximum absolute atomic E-state index is 11.7. The van der Waals surface area contributed by atoms with Crippen molar-refractivity contribution in [2.75, 3.05) is 13.1 Å². The Balaban J connectivity index is 2.05. The molecule has 0 aromatic heterocycles. The minimum Gasteiger partial charge on any atom is -0.481 e. The molecule has 2 unspecified atom stereocenters. The highest BCUT2D eigenvalue weighted by atomic mass is 16.4. The zero-order valence-corrected chi connectivity index (χ0v) is 11.8. The highest BCUT2D eigenvalue weighted by Gasteiger charge is 2.48. The van der Waals surface area contributed by atoms with Crippen molar-refractivity contribution in [2.45, 2.75) is 11.8 Å². The van der Waals surface area contributed by atoms with Gasteiger partial charge in [0.15, 0.2) is 0 Å². The average molecular weight is 281 g/mol. The summed E-state index contributed by atoms with van der Waals surface area (Å²) in [6.07, 6.45) is 0.738. The molecule has 0 saturated carbocycles. The molecule has 108 valence electrons. The first-order chi connectivity index (χ1) is 10.2. The number of rotatable bonds is 4. The molecule has 21 heavy (non-hydrogen) atoms. The number of hydrogen-bond acceptors (Lipinski definition) is 2. The van der Waals surface area contributed by atoms with Gasteiger partial charge in [-0.1, -0.05) is 60.7 Å². The summed E-state index contributed by atoms with van der Waals surface area (Å²) >= 11 is 0.